The summed E-state index contributed by atoms with van der Waals surface area (Å²) in [7, 11) is 0. The van der Waals surface area contributed by atoms with E-state index in [2.05, 4.69) is 5.32 Å². The molecule has 0 unspecified atom stereocenters. The lowest BCUT2D eigenvalue weighted by molar-refractivity contribution is -0.115. The van der Waals surface area contributed by atoms with Crippen LogP contribution < -0.4 is 5.32 Å². The Bertz CT molecular complexity index is 551. The van der Waals surface area contributed by atoms with Gasteiger partial charge in [-0.25, -0.2) is 0 Å². The Kier molecular flexibility index (Phi) is 4.88. The maximum atomic E-state index is 11.9. The van der Waals surface area contributed by atoms with Gasteiger partial charge in [-0.1, -0.05) is 23.7 Å². The molecule has 0 radical (unpaired) electrons. The van der Waals surface area contributed by atoms with Crippen LogP contribution in [0.1, 0.15) is 5.56 Å². The number of halogens is 1. The third kappa shape index (κ3) is 4.30. The molecule has 98 valence electrons. The minimum absolute atomic E-state index is 0.0285. The number of hydrogen-bond donors (Lipinski definition) is 1. The van der Waals surface area contributed by atoms with Gasteiger partial charge in [-0.15, -0.1) is 11.8 Å². The topological polar surface area (TPSA) is 29.1 Å². The van der Waals surface area contributed by atoms with Crippen LogP contribution in [0.3, 0.4) is 0 Å². The standard InChI is InChI=1S/C15H14ClNOS/c1-19-14-8-2-11(3-9-14)10-15(18)17-13-6-4-12(16)5-7-13/h2-9H,10H2,1H3,(H,17,18). The molecule has 0 heterocycles. The highest BCUT2D eigenvalue weighted by molar-refractivity contribution is 7.98. The number of carbonyl (C=O) groups is 1. The highest BCUT2D eigenvalue weighted by Crippen LogP contribution is 2.16. The molecule has 0 aliphatic heterocycles. The molecule has 0 aliphatic carbocycles. The summed E-state index contributed by atoms with van der Waals surface area (Å²) < 4.78 is 0. The van der Waals surface area contributed by atoms with Crippen molar-refractivity contribution in [1.82, 2.24) is 0 Å². The maximum absolute atomic E-state index is 11.9. The van der Waals surface area contributed by atoms with Crippen LogP contribution in [0.25, 0.3) is 0 Å². The number of amides is 1. The Morgan fingerprint density at radius 3 is 2.32 bits per heavy atom. The van der Waals surface area contributed by atoms with Crippen LogP contribution >= 0.6 is 23.4 Å². The zero-order valence-electron chi connectivity index (χ0n) is 10.5. The molecule has 0 saturated heterocycles. The molecule has 0 fully saturated rings. The lowest BCUT2D eigenvalue weighted by Crippen LogP contribution is -2.14. The Balaban J connectivity index is 1.95. The average Bonchev–Trinajstić information content (AvgIpc) is 2.42. The first kappa shape index (κ1) is 14.0. The van der Waals surface area contributed by atoms with Crippen LogP contribution in [0.2, 0.25) is 5.02 Å². The lowest BCUT2D eigenvalue weighted by Gasteiger charge is -2.06. The fourth-order valence-corrected chi connectivity index (χ4v) is 2.20. The number of thioether (sulfide) groups is 1. The van der Waals surface area contributed by atoms with Gasteiger partial charge in [0.15, 0.2) is 0 Å². The third-order valence-electron chi connectivity index (χ3n) is 2.65. The lowest BCUT2D eigenvalue weighted by atomic mass is 10.1. The smallest absolute Gasteiger partial charge is 0.228 e. The third-order valence-corrected chi connectivity index (χ3v) is 3.65. The van der Waals surface area contributed by atoms with Crippen molar-refractivity contribution in [3.8, 4) is 0 Å². The van der Waals surface area contributed by atoms with E-state index in [1.165, 1.54) is 4.90 Å². The molecule has 2 rings (SSSR count). The van der Waals surface area contributed by atoms with Gasteiger partial charge in [0.25, 0.3) is 0 Å². The van der Waals surface area contributed by atoms with Gasteiger partial charge < -0.3 is 5.32 Å². The molecule has 0 spiro atoms. The van der Waals surface area contributed by atoms with Crippen LogP contribution in [0.5, 0.6) is 0 Å². The van der Waals surface area contributed by atoms with Crippen molar-refractivity contribution in [3.63, 3.8) is 0 Å². The van der Waals surface area contributed by atoms with Gasteiger partial charge in [0.2, 0.25) is 5.91 Å². The number of anilines is 1. The molecule has 1 N–H and O–H groups in total. The second kappa shape index (κ2) is 6.64. The van der Waals surface area contributed by atoms with E-state index in [1.807, 2.05) is 30.5 Å². The van der Waals surface area contributed by atoms with Gasteiger partial charge in [0, 0.05) is 15.6 Å². The van der Waals surface area contributed by atoms with Gasteiger partial charge in [-0.2, -0.15) is 0 Å². The average molecular weight is 292 g/mol. The van der Waals surface area contributed by atoms with E-state index >= 15 is 0 Å². The van der Waals surface area contributed by atoms with E-state index in [1.54, 1.807) is 36.0 Å². The fraction of sp³-hybridized carbons (Fsp3) is 0.133. The summed E-state index contributed by atoms with van der Waals surface area (Å²) in [6, 6.07) is 15.1. The summed E-state index contributed by atoms with van der Waals surface area (Å²) in [5.41, 5.74) is 1.76. The van der Waals surface area contributed by atoms with Gasteiger partial charge in [0.05, 0.1) is 6.42 Å². The van der Waals surface area contributed by atoms with E-state index in [-0.39, 0.29) is 5.91 Å². The molecule has 2 aromatic carbocycles. The number of carbonyl (C=O) groups excluding carboxylic acids is 1. The summed E-state index contributed by atoms with van der Waals surface area (Å²) in [4.78, 5) is 13.1. The van der Waals surface area contributed by atoms with Crippen LogP contribution in [-0.4, -0.2) is 12.2 Å². The largest absolute Gasteiger partial charge is 0.326 e. The van der Waals surface area contributed by atoms with Gasteiger partial charge in [-0.05, 0) is 48.2 Å². The van der Waals surface area contributed by atoms with Gasteiger partial charge in [0.1, 0.15) is 0 Å². The van der Waals surface area contributed by atoms with Crippen molar-refractivity contribution in [2.24, 2.45) is 0 Å². The SMILES string of the molecule is CSc1ccc(CC(=O)Nc2ccc(Cl)cc2)cc1. The molecule has 2 aromatic rings. The van der Waals surface area contributed by atoms with E-state index < -0.39 is 0 Å². The molecule has 0 atom stereocenters. The van der Waals surface area contributed by atoms with Crippen molar-refractivity contribution in [2.75, 3.05) is 11.6 Å². The molecule has 0 aliphatic rings. The Morgan fingerprint density at radius 2 is 1.74 bits per heavy atom. The second-order valence-corrected chi connectivity index (χ2v) is 5.40. The number of benzene rings is 2. The summed E-state index contributed by atoms with van der Waals surface area (Å²) in [6.07, 6.45) is 2.40. The molecular weight excluding hydrogens is 278 g/mol. The van der Waals surface area contributed by atoms with Crippen molar-refractivity contribution in [3.05, 3.63) is 59.1 Å². The molecular formula is C15H14ClNOS. The molecule has 2 nitrogen and oxygen atoms in total. The molecule has 0 bridgehead atoms. The van der Waals surface area contributed by atoms with Crippen molar-refractivity contribution >= 4 is 35.0 Å². The zero-order valence-corrected chi connectivity index (χ0v) is 12.1. The highest BCUT2D eigenvalue weighted by Gasteiger charge is 2.04. The molecule has 4 heteroatoms. The monoisotopic (exact) mass is 291 g/mol. The summed E-state index contributed by atoms with van der Waals surface area (Å²) >= 11 is 7.48. The predicted molar refractivity (Wildman–Crippen MR) is 82.0 cm³/mol. The minimum atomic E-state index is -0.0285. The fourth-order valence-electron chi connectivity index (χ4n) is 1.67. The van der Waals surface area contributed by atoms with Crippen molar-refractivity contribution in [1.29, 1.82) is 0 Å². The van der Waals surface area contributed by atoms with Crippen LogP contribution in [0.4, 0.5) is 5.69 Å². The Morgan fingerprint density at radius 1 is 1.11 bits per heavy atom. The Hall–Kier alpha value is -1.45. The van der Waals surface area contributed by atoms with E-state index in [4.69, 9.17) is 11.6 Å². The Labute approximate surface area is 122 Å². The van der Waals surface area contributed by atoms with Crippen LogP contribution in [-0.2, 0) is 11.2 Å². The normalized spacial score (nSPS) is 10.2. The highest BCUT2D eigenvalue weighted by atomic mass is 35.5. The summed E-state index contributed by atoms with van der Waals surface area (Å²) in [6.45, 7) is 0. The first-order valence-corrected chi connectivity index (χ1v) is 7.46. The predicted octanol–water partition coefficient (Wildman–Crippen LogP) is 4.24. The maximum Gasteiger partial charge on any atom is 0.228 e. The number of hydrogen-bond acceptors (Lipinski definition) is 2. The number of rotatable bonds is 4. The van der Waals surface area contributed by atoms with E-state index in [0.29, 0.717) is 11.4 Å². The summed E-state index contributed by atoms with van der Waals surface area (Å²) in [5.74, 6) is -0.0285. The first-order valence-electron chi connectivity index (χ1n) is 5.86. The zero-order chi connectivity index (χ0) is 13.7. The quantitative estimate of drug-likeness (QED) is 0.854. The minimum Gasteiger partial charge on any atom is -0.326 e. The van der Waals surface area contributed by atoms with E-state index in [0.717, 1.165) is 11.3 Å². The second-order valence-electron chi connectivity index (χ2n) is 4.08. The number of nitrogens with one attached hydrogen (secondary N) is 1. The van der Waals surface area contributed by atoms with Crippen molar-refractivity contribution < 1.29 is 4.79 Å². The van der Waals surface area contributed by atoms with E-state index in [9.17, 15) is 4.79 Å². The van der Waals surface area contributed by atoms with Gasteiger partial charge >= 0.3 is 0 Å². The first-order chi connectivity index (χ1) is 9.17. The summed E-state index contributed by atoms with van der Waals surface area (Å²) in [5, 5.41) is 3.50. The molecule has 19 heavy (non-hydrogen) atoms. The molecule has 1 amide bonds. The van der Waals surface area contributed by atoms with Crippen LogP contribution in [0, 0.1) is 0 Å². The molecule has 0 aromatic heterocycles. The van der Waals surface area contributed by atoms with Gasteiger partial charge in [-0.3, -0.25) is 4.79 Å². The molecule has 0 saturated carbocycles. The van der Waals surface area contributed by atoms with Crippen molar-refractivity contribution in [2.45, 2.75) is 11.3 Å². The van der Waals surface area contributed by atoms with Crippen LogP contribution in [0.15, 0.2) is 53.4 Å².